The van der Waals surface area contributed by atoms with Crippen molar-refractivity contribution >= 4 is 6.08 Å². The van der Waals surface area contributed by atoms with Gasteiger partial charge in [-0.1, -0.05) is 55.4 Å². The van der Waals surface area contributed by atoms with Gasteiger partial charge in [0.05, 0.1) is 0 Å². The van der Waals surface area contributed by atoms with Gasteiger partial charge in [0.2, 0.25) is 0 Å². The van der Waals surface area contributed by atoms with Crippen molar-refractivity contribution in [1.29, 1.82) is 0 Å². The zero-order chi connectivity index (χ0) is 11.8. The average molecular weight is 215 g/mol. The van der Waals surface area contributed by atoms with Gasteiger partial charge in [-0.25, -0.2) is 0 Å². The molecule has 0 aliphatic rings. The SMILES string of the molecule is CC(C)c1cccc(C=CCCN=[N+]=[N-])c1. The van der Waals surface area contributed by atoms with Crippen molar-refractivity contribution in [1.82, 2.24) is 0 Å². The summed E-state index contributed by atoms with van der Waals surface area (Å²) in [6.45, 7) is 4.89. The standard InChI is InChI=1S/C13H17N3/c1-11(2)13-8-5-7-12(10-13)6-3-4-9-15-16-14/h3,5-8,10-11H,4,9H2,1-2H3. The summed E-state index contributed by atoms with van der Waals surface area (Å²) in [6, 6.07) is 8.48. The Balaban J connectivity index is 2.59. The topological polar surface area (TPSA) is 48.8 Å². The highest BCUT2D eigenvalue weighted by atomic mass is 15.1. The molecule has 0 amide bonds. The number of benzene rings is 1. The fourth-order valence-corrected chi connectivity index (χ4v) is 1.42. The lowest BCUT2D eigenvalue weighted by Crippen LogP contribution is -1.86. The molecule has 3 heteroatoms. The van der Waals surface area contributed by atoms with E-state index in [4.69, 9.17) is 5.53 Å². The molecule has 0 unspecified atom stereocenters. The first-order chi connectivity index (χ1) is 7.74. The van der Waals surface area contributed by atoms with Gasteiger partial charge >= 0.3 is 0 Å². The van der Waals surface area contributed by atoms with Crippen LogP contribution in [0.15, 0.2) is 35.5 Å². The Bertz CT molecular complexity index is 401. The Kier molecular flexibility index (Phi) is 5.17. The highest BCUT2D eigenvalue weighted by molar-refractivity contribution is 5.50. The maximum atomic E-state index is 8.11. The fourth-order valence-electron chi connectivity index (χ4n) is 1.42. The molecule has 0 heterocycles. The predicted octanol–water partition coefficient (Wildman–Crippen LogP) is 4.52. The van der Waals surface area contributed by atoms with E-state index in [0.717, 1.165) is 6.42 Å². The van der Waals surface area contributed by atoms with E-state index in [1.165, 1.54) is 11.1 Å². The molecule has 16 heavy (non-hydrogen) atoms. The second-order valence-corrected chi connectivity index (χ2v) is 3.97. The number of hydrogen-bond donors (Lipinski definition) is 0. The lowest BCUT2D eigenvalue weighted by atomic mass is 10.0. The average Bonchev–Trinajstić information content (AvgIpc) is 2.29. The Labute approximate surface area is 96.4 Å². The van der Waals surface area contributed by atoms with E-state index in [9.17, 15) is 0 Å². The Morgan fingerprint density at radius 2 is 2.25 bits per heavy atom. The van der Waals surface area contributed by atoms with Gasteiger partial charge in [-0.3, -0.25) is 0 Å². The summed E-state index contributed by atoms with van der Waals surface area (Å²) in [6.07, 6.45) is 4.89. The molecule has 0 N–H and O–H groups in total. The van der Waals surface area contributed by atoms with Crippen LogP contribution in [0.25, 0.3) is 16.5 Å². The molecule has 0 saturated heterocycles. The maximum absolute atomic E-state index is 8.11. The second kappa shape index (κ2) is 6.70. The summed E-state index contributed by atoms with van der Waals surface area (Å²) in [5.41, 5.74) is 10.7. The molecule has 0 spiro atoms. The molecule has 1 aromatic rings. The Morgan fingerprint density at radius 3 is 2.94 bits per heavy atom. The van der Waals surface area contributed by atoms with E-state index in [1.54, 1.807) is 0 Å². The van der Waals surface area contributed by atoms with Gasteiger partial charge in [-0.15, -0.1) is 0 Å². The van der Waals surface area contributed by atoms with Crippen LogP contribution in [0.1, 0.15) is 37.3 Å². The normalized spacial score (nSPS) is 10.7. The van der Waals surface area contributed by atoms with Crippen molar-refractivity contribution in [2.75, 3.05) is 6.54 Å². The molecule has 0 radical (unpaired) electrons. The first-order valence-electron chi connectivity index (χ1n) is 5.51. The molecule has 0 atom stereocenters. The zero-order valence-electron chi connectivity index (χ0n) is 9.80. The van der Waals surface area contributed by atoms with Crippen molar-refractivity contribution in [3.8, 4) is 0 Å². The van der Waals surface area contributed by atoms with Crippen molar-refractivity contribution in [2.24, 2.45) is 5.11 Å². The van der Waals surface area contributed by atoms with Crippen LogP contribution in [0, 0.1) is 0 Å². The van der Waals surface area contributed by atoms with Crippen LogP contribution < -0.4 is 0 Å². The highest BCUT2D eigenvalue weighted by Gasteiger charge is 1.97. The first kappa shape index (κ1) is 12.3. The van der Waals surface area contributed by atoms with Gasteiger partial charge in [0.15, 0.2) is 0 Å². The summed E-state index contributed by atoms with van der Waals surface area (Å²) in [7, 11) is 0. The van der Waals surface area contributed by atoms with Crippen LogP contribution in [0.2, 0.25) is 0 Å². The summed E-state index contributed by atoms with van der Waals surface area (Å²) < 4.78 is 0. The minimum atomic E-state index is 0.525. The molecule has 3 nitrogen and oxygen atoms in total. The van der Waals surface area contributed by atoms with E-state index in [2.05, 4.69) is 54.2 Å². The van der Waals surface area contributed by atoms with Crippen LogP contribution in [-0.2, 0) is 0 Å². The quantitative estimate of drug-likeness (QED) is 0.300. The number of nitrogens with zero attached hydrogens (tertiary/aromatic N) is 3. The highest BCUT2D eigenvalue weighted by Crippen LogP contribution is 2.16. The smallest absolute Gasteiger partial charge is 0.0292 e. The van der Waals surface area contributed by atoms with Crippen LogP contribution >= 0.6 is 0 Å². The van der Waals surface area contributed by atoms with E-state index < -0.39 is 0 Å². The van der Waals surface area contributed by atoms with Crippen molar-refractivity contribution in [3.63, 3.8) is 0 Å². The minimum Gasteiger partial charge on any atom is -0.0937 e. The molecule has 0 saturated carbocycles. The van der Waals surface area contributed by atoms with E-state index >= 15 is 0 Å². The van der Waals surface area contributed by atoms with Crippen LogP contribution in [-0.4, -0.2) is 6.54 Å². The van der Waals surface area contributed by atoms with Gasteiger partial charge in [-0.2, -0.15) is 0 Å². The maximum Gasteiger partial charge on any atom is 0.0292 e. The van der Waals surface area contributed by atoms with Crippen molar-refractivity contribution in [2.45, 2.75) is 26.2 Å². The van der Waals surface area contributed by atoms with Crippen LogP contribution in [0.4, 0.5) is 0 Å². The lowest BCUT2D eigenvalue weighted by Gasteiger charge is -2.05. The number of azide groups is 1. The van der Waals surface area contributed by atoms with Crippen molar-refractivity contribution < 1.29 is 0 Å². The third-order valence-electron chi connectivity index (χ3n) is 2.35. The Morgan fingerprint density at radius 1 is 1.44 bits per heavy atom. The first-order valence-corrected chi connectivity index (χ1v) is 5.51. The molecule has 0 bridgehead atoms. The third kappa shape index (κ3) is 4.20. The fraction of sp³-hybridized carbons (Fsp3) is 0.385. The van der Waals surface area contributed by atoms with Crippen LogP contribution in [0.5, 0.6) is 0 Å². The number of hydrogen-bond acceptors (Lipinski definition) is 1. The molecule has 0 aliphatic heterocycles. The molecule has 0 aliphatic carbocycles. The summed E-state index contributed by atoms with van der Waals surface area (Å²) >= 11 is 0. The van der Waals surface area contributed by atoms with E-state index in [-0.39, 0.29) is 0 Å². The third-order valence-corrected chi connectivity index (χ3v) is 2.35. The lowest BCUT2D eigenvalue weighted by molar-refractivity contribution is 0.866. The van der Waals surface area contributed by atoms with Gasteiger partial charge < -0.3 is 0 Å². The zero-order valence-corrected chi connectivity index (χ0v) is 9.80. The predicted molar refractivity (Wildman–Crippen MR) is 68.2 cm³/mol. The van der Waals surface area contributed by atoms with E-state index in [1.807, 2.05) is 6.08 Å². The van der Waals surface area contributed by atoms with Gasteiger partial charge in [0.1, 0.15) is 0 Å². The molecular weight excluding hydrogens is 198 g/mol. The largest absolute Gasteiger partial charge is 0.0937 e. The Hall–Kier alpha value is -1.73. The van der Waals surface area contributed by atoms with Gasteiger partial charge in [0.25, 0.3) is 0 Å². The monoisotopic (exact) mass is 215 g/mol. The van der Waals surface area contributed by atoms with Gasteiger partial charge in [-0.05, 0) is 29.0 Å². The van der Waals surface area contributed by atoms with E-state index in [0.29, 0.717) is 12.5 Å². The summed E-state index contributed by atoms with van der Waals surface area (Å²) in [5, 5.41) is 3.48. The van der Waals surface area contributed by atoms with Crippen LogP contribution in [0.3, 0.4) is 0 Å². The number of rotatable bonds is 5. The summed E-state index contributed by atoms with van der Waals surface area (Å²) in [5.74, 6) is 0.552. The minimum absolute atomic E-state index is 0.525. The molecule has 0 aromatic heterocycles. The van der Waals surface area contributed by atoms with Gasteiger partial charge in [0, 0.05) is 11.5 Å². The molecule has 1 aromatic carbocycles. The van der Waals surface area contributed by atoms with Crippen molar-refractivity contribution in [3.05, 3.63) is 51.9 Å². The molecule has 0 fully saturated rings. The second-order valence-electron chi connectivity index (χ2n) is 3.97. The molecule has 1 rings (SSSR count). The molecular formula is C13H17N3. The summed E-state index contributed by atoms with van der Waals surface area (Å²) in [4.78, 5) is 2.71. The molecule has 84 valence electrons.